The lowest BCUT2D eigenvalue weighted by Crippen LogP contribution is -2.26. The summed E-state index contributed by atoms with van der Waals surface area (Å²) in [5.74, 6) is 0. The second-order valence-electron chi connectivity index (χ2n) is 5.14. The highest BCUT2D eigenvalue weighted by Gasteiger charge is 2.09. The number of imidazole rings is 1. The highest BCUT2D eigenvalue weighted by atomic mass is 16.3. The number of rotatable bonds is 6. The van der Waals surface area contributed by atoms with Gasteiger partial charge >= 0.3 is 0 Å². The Labute approximate surface area is 130 Å². The Morgan fingerprint density at radius 3 is 2.55 bits per heavy atom. The molecule has 3 aromatic rings. The van der Waals surface area contributed by atoms with E-state index in [4.69, 9.17) is 0 Å². The summed E-state index contributed by atoms with van der Waals surface area (Å²) >= 11 is 0. The average molecular weight is 293 g/mol. The molecule has 4 heteroatoms. The van der Waals surface area contributed by atoms with Crippen LogP contribution in [0.4, 0.5) is 5.69 Å². The van der Waals surface area contributed by atoms with E-state index in [0.717, 1.165) is 11.4 Å². The summed E-state index contributed by atoms with van der Waals surface area (Å²) in [7, 11) is 0. The number of nitrogens with zero attached hydrogens (tertiary/aromatic N) is 2. The minimum Gasteiger partial charge on any atom is -0.395 e. The number of aliphatic hydroxyl groups is 1. The van der Waals surface area contributed by atoms with Gasteiger partial charge in [-0.15, -0.1) is 0 Å². The van der Waals surface area contributed by atoms with E-state index in [9.17, 15) is 5.11 Å². The third-order valence-electron chi connectivity index (χ3n) is 3.60. The van der Waals surface area contributed by atoms with Crippen LogP contribution in [-0.4, -0.2) is 28.2 Å². The second kappa shape index (κ2) is 6.91. The lowest BCUT2D eigenvalue weighted by Gasteiger charge is -2.24. The topological polar surface area (TPSA) is 52.1 Å². The maximum Gasteiger partial charge on any atom is 0.0922 e. The van der Waals surface area contributed by atoms with E-state index in [2.05, 4.69) is 51.3 Å². The van der Waals surface area contributed by atoms with Crippen molar-refractivity contribution in [2.45, 2.75) is 6.54 Å². The van der Waals surface area contributed by atoms with Gasteiger partial charge < -0.3 is 15.0 Å². The van der Waals surface area contributed by atoms with Gasteiger partial charge in [-0.2, -0.15) is 0 Å². The predicted molar refractivity (Wildman–Crippen MR) is 88.6 cm³/mol. The number of H-pyrrole nitrogens is 1. The third kappa shape index (κ3) is 3.35. The maximum atomic E-state index is 9.35. The van der Waals surface area contributed by atoms with Gasteiger partial charge in [0.05, 0.1) is 25.2 Å². The van der Waals surface area contributed by atoms with Crippen LogP contribution in [0.5, 0.6) is 0 Å². The van der Waals surface area contributed by atoms with Crippen LogP contribution in [0.3, 0.4) is 0 Å². The van der Waals surface area contributed by atoms with Crippen LogP contribution in [-0.2, 0) is 6.54 Å². The van der Waals surface area contributed by atoms with Gasteiger partial charge in [0.2, 0.25) is 0 Å². The molecule has 0 saturated carbocycles. The SMILES string of the molecule is OCCN(Cc1cnc[nH]1)c1cccc(-c2ccccc2)c1. The van der Waals surface area contributed by atoms with Gasteiger partial charge in [-0.25, -0.2) is 4.98 Å². The molecular formula is C18H19N3O. The first-order valence-electron chi connectivity index (χ1n) is 7.35. The summed E-state index contributed by atoms with van der Waals surface area (Å²) in [4.78, 5) is 9.30. The maximum absolute atomic E-state index is 9.35. The van der Waals surface area contributed by atoms with Gasteiger partial charge in [0.15, 0.2) is 0 Å². The number of hydrogen-bond donors (Lipinski definition) is 2. The second-order valence-corrected chi connectivity index (χ2v) is 5.14. The molecule has 0 aliphatic heterocycles. The van der Waals surface area contributed by atoms with E-state index < -0.39 is 0 Å². The molecule has 0 unspecified atom stereocenters. The minimum atomic E-state index is 0.115. The lowest BCUT2D eigenvalue weighted by atomic mass is 10.0. The van der Waals surface area contributed by atoms with Crippen molar-refractivity contribution in [2.75, 3.05) is 18.1 Å². The Kier molecular flexibility index (Phi) is 4.51. The first kappa shape index (κ1) is 14.4. The summed E-state index contributed by atoms with van der Waals surface area (Å²) in [6.07, 6.45) is 3.48. The molecule has 22 heavy (non-hydrogen) atoms. The van der Waals surface area contributed by atoms with Crippen molar-refractivity contribution in [1.82, 2.24) is 9.97 Å². The van der Waals surface area contributed by atoms with Gasteiger partial charge in [0, 0.05) is 18.4 Å². The Hall–Kier alpha value is -2.59. The number of hydrogen-bond acceptors (Lipinski definition) is 3. The molecule has 0 bridgehead atoms. The zero-order valence-electron chi connectivity index (χ0n) is 12.3. The van der Waals surface area contributed by atoms with Crippen LogP contribution >= 0.6 is 0 Å². The molecule has 2 N–H and O–H groups in total. The van der Waals surface area contributed by atoms with Gasteiger partial charge in [-0.05, 0) is 23.3 Å². The van der Waals surface area contributed by atoms with Crippen molar-refractivity contribution in [2.24, 2.45) is 0 Å². The molecule has 0 fully saturated rings. The van der Waals surface area contributed by atoms with Crippen molar-refractivity contribution < 1.29 is 5.11 Å². The summed E-state index contributed by atoms with van der Waals surface area (Å²) in [6.45, 7) is 1.39. The summed E-state index contributed by atoms with van der Waals surface area (Å²) in [5.41, 5.74) is 4.48. The Morgan fingerprint density at radius 2 is 1.82 bits per heavy atom. The fourth-order valence-corrected chi connectivity index (χ4v) is 2.51. The molecule has 112 valence electrons. The third-order valence-corrected chi connectivity index (χ3v) is 3.60. The van der Waals surface area contributed by atoms with E-state index >= 15 is 0 Å². The highest BCUT2D eigenvalue weighted by molar-refractivity contribution is 5.68. The van der Waals surface area contributed by atoms with Gasteiger partial charge in [0.1, 0.15) is 0 Å². The normalized spacial score (nSPS) is 10.6. The molecule has 1 aromatic heterocycles. The molecule has 0 atom stereocenters. The molecule has 0 saturated heterocycles. The predicted octanol–water partition coefficient (Wildman–Crippen LogP) is 3.08. The molecule has 1 heterocycles. The first-order chi connectivity index (χ1) is 10.9. The van der Waals surface area contributed by atoms with Crippen LogP contribution in [0.2, 0.25) is 0 Å². The smallest absolute Gasteiger partial charge is 0.0922 e. The Bertz CT molecular complexity index is 695. The lowest BCUT2D eigenvalue weighted by molar-refractivity contribution is 0.301. The number of aliphatic hydroxyl groups excluding tert-OH is 1. The van der Waals surface area contributed by atoms with Crippen LogP contribution in [0.1, 0.15) is 5.69 Å². The molecule has 0 radical (unpaired) electrons. The standard InChI is InChI=1S/C18H19N3O/c22-10-9-21(13-17-12-19-14-20-17)18-8-4-7-16(11-18)15-5-2-1-3-6-15/h1-8,11-12,14,22H,9-10,13H2,(H,19,20). The molecule has 0 aliphatic rings. The van der Waals surface area contributed by atoms with Crippen LogP contribution in [0.25, 0.3) is 11.1 Å². The Balaban J connectivity index is 1.88. The molecule has 0 amide bonds. The zero-order chi connectivity index (χ0) is 15.2. The largest absolute Gasteiger partial charge is 0.395 e. The monoisotopic (exact) mass is 293 g/mol. The number of anilines is 1. The van der Waals surface area contributed by atoms with Crippen molar-refractivity contribution >= 4 is 5.69 Å². The summed E-state index contributed by atoms with van der Waals surface area (Å²) in [6, 6.07) is 18.7. The van der Waals surface area contributed by atoms with Crippen molar-refractivity contribution in [3.05, 3.63) is 72.8 Å². The van der Waals surface area contributed by atoms with Crippen LogP contribution in [0.15, 0.2) is 67.1 Å². The van der Waals surface area contributed by atoms with E-state index in [0.29, 0.717) is 13.1 Å². The van der Waals surface area contributed by atoms with Crippen molar-refractivity contribution in [3.63, 3.8) is 0 Å². The van der Waals surface area contributed by atoms with E-state index in [1.165, 1.54) is 11.1 Å². The molecular weight excluding hydrogens is 274 g/mol. The molecule has 3 rings (SSSR count). The number of aromatic nitrogens is 2. The number of nitrogens with one attached hydrogen (secondary N) is 1. The molecule has 0 spiro atoms. The van der Waals surface area contributed by atoms with Crippen molar-refractivity contribution in [1.29, 1.82) is 0 Å². The molecule has 2 aromatic carbocycles. The molecule has 4 nitrogen and oxygen atoms in total. The van der Waals surface area contributed by atoms with Gasteiger partial charge in [-0.3, -0.25) is 0 Å². The van der Waals surface area contributed by atoms with Crippen LogP contribution < -0.4 is 4.90 Å². The highest BCUT2D eigenvalue weighted by Crippen LogP contribution is 2.25. The van der Waals surface area contributed by atoms with Gasteiger partial charge in [0.25, 0.3) is 0 Å². The number of aromatic amines is 1. The van der Waals surface area contributed by atoms with E-state index in [1.54, 1.807) is 6.33 Å². The van der Waals surface area contributed by atoms with Crippen molar-refractivity contribution in [3.8, 4) is 11.1 Å². The first-order valence-corrected chi connectivity index (χ1v) is 7.35. The van der Waals surface area contributed by atoms with E-state index in [-0.39, 0.29) is 6.61 Å². The quantitative estimate of drug-likeness (QED) is 0.734. The van der Waals surface area contributed by atoms with Crippen LogP contribution in [0, 0.1) is 0 Å². The zero-order valence-corrected chi connectivity index (χ0v) is 12.3. The fourth-order valence-electron chi connectivity index (χ4n) is 2.51. The Morgan fingerprint density at radius 1 is 1.00 bits per heavy atom. The molecule has 0 aliphatic carbocycles. The summed E-state index contributed by atoms with van der Waals surface area (Å²) in [5, 5.41) is 9.35. The average Bonchev–Trinajstić information content (AvgIpc) is 3.09. The minimum absolute atomic E-state index is 0.115. The summed E-state index contributed by atoms with van der Waals surface area (Å²) < 4.78 is 0. The number of benzene rings is 2. The van der Waals surface area contributed by atoms with E-state index in [1.807, 2.05) is 24.4 Å². The fraction of sp³-hybridized carbons (Fsp3) is 0.167. The van der Waals surface area contributed by atoms with Gasteiger partial charge in [-0.1, -0.05) is 42.5 Å².